The van der Waals surface area contributed by atoms with Gasteiger partial charge in [0.15, 0.2) is 0 Å². The molecule has 0 unspecified atom stereocenters. The summed E-state index contributed by atoms with van der Waals surface area (Å²) in [6, 6.07) is 6.80. The lowest BCUT2D eigenvalue weighted by Crippen LogP contribution is -2.40. The number of carbonyl (C=O) groups is 2. The number of hydrogen-bond donors (Lipinski definition) is 1. The number of nitrogens with zero attached hydrogens (tertiary/aromatic N) is 1. The molecule has 1 aliphatic rings. The first-order valence-corrected chi connectivity index (χ1v) is 5.28. The molecule has 2 amide bonds. The molecule has 0 radical (unpaired) electrons. The number of piperidine rings is 1. The van der Waals surface area contributed by atoms with E-state index >= 15 is 0 Å². The first-order valence-electron chi connectivity index (χ1n) is 5.28. The lowest BCUT2D eigenvalue weighted by atomic mass is 10.1. The summed E-state index contributed by atoms with van der Waals surface area (Å²) < 4.78 is 0. The van der Waals surface area contributed by atoms with E-state index in [1.165, 1.54) is 4.90 Å². The van der Waals surface area contributed by atoms with Gasteiger partial charge in [0.05, 0.1) is 12.3 Å². The highest BCUT2D eigenvalue weighted by Gasteiger charge is 2.26. The normalized spacial score (nSPS) is 16.7. The molecule has 0 atom stereocenters. The summed E-state index contributed by atoms with van der Waals surface area (Å²) in [5.74, 6) is -0.291. The van der Waals surface area contributed by atoms with Crippen molar-refractivity contribution in [1.29, 1.82) is 0 Å². The quantitative estimate of drug-likeness (QED) is 0.761. The van der Waals surface area contributed by atoms with Crippen LogP contribution in [0.25, 0.3) is 0 Å². The van der Waals surface area contributed by atoms with Crippen LogP contribution >= 0.6 is 0 Å². The fourth-order valence-electron chi connectivity index (χ4n) is 1.79. The van der Waals surface area contributed by atoms with Gasteiger partial charge in [0, 0.05) is 12.8 Å². The Hall–Kier alpha value is -1.68. The average Bonchev–Trinajstić information content (AvgIpc) is 2.30. The Kier molecular flexibility index (Phi) is 3.01. The molecule has 0 aliphatic carbocycles. The second-order valence-electron chi connectivity index (χ2n) is 3.80. The predicted octanol–water partition coefficient (Wildman–Crippen LogP) is 1.22. The summed E-state index contributed by atoms with van der Waals surface area (Å²) in [6.45, 7) is -0.0395. The van der Waals surface area contributed by atoms with E-state index in [9.17, 15) is 9.59 Å². The molecule has 4 nitrogen and oxygen atoms in total. The molecule has 1 aromatic carbocycles. The summed E-state index contributed by atoms with van der Waals surface area (Å²) in [7, 11) is 0. The number of benzene rings is 1. The zero-order valence-electron chi connectivity index (χ0n) is 8.85. The van der Waals surface area contributed by atoms with Crippen LogP contribution in [0.1, 0.15) is 24.8 Å². The number of imide groups is 1. The van der Waals surface area contributed by atoms with E-state index in [1.54, 1.807) is 24.3 Å². The summed E-state index contributed by atoms with van der Waals surface area (Å²) in [4.78, 5) is 24.5. The molecule has 0 saturated carbocycles. The number of anilines is 1. The third kappa shape index (κ3) is 1.97. The molecule has 1 aromatic rings. The average molecular weight is 219 g/mol. The first-order chi connectivity index (χ1) is 7.72. The second-order valence-corrected chi connectivity index (χ2v) is 3.80. The fraction of sp³-hybridized carbons (Fsp3) is 0.333. The number of aliphatic hydroxyl groups is 1. The Morgan fingerprint density at radius 3 is 2.12 bits per heavy atom. The van der Waals surface area contributed by atoms with Crippen molar-refractivity contribution in [3.05, 3.63) is 29.8 Å². The molecule has 84 valence electrons. The molecule has 1 fully saturated rings. The third-order valence-corrected chi connectivity index (χ3v) is 2.66. The van der Waals surface area contributed by atoms with Crippen molar-refractivity contribution in [2.24, 2.45) is 0 Å². The zero-order chi connectivity index (χ0) is 11.5. The van der Waals surface area contributed by atoms with Crippen LogP contribution in [0.5, 0.6) is 0 Å². The van der Waals surface area contributed by atoms with Crippen molar-refractivity contribution >= 4 is 17.5 Å². The summed E-state index contributed by atoms with van der Waals surface area (Å²) in [6.07, 6.45) is 1.49. The van der Waals surface area contributed by atoms with Gasteiger partial charge in [0.2, 0.25) is 11.8 Å². The van der Waals surface area contributed by atoms with Crippen molar-refractivity contribution in [2.75, 3.05) is 4.90 Å². The topological polar surface area (TPSA) is 57.6 Å². The molecule has 1 aliphatic heterocycles. The maximum Gasteiger partial charge on any atom is 0.233 e. The minimum Gasteiger partial charge on any atom is -0.392 e. The SMILES string of the molecule is O=C1CCCC(=O)N1c1ccc(CO)cc1. The van der Waals surface area contributed by atoms with E-state index < -0.39 is 0 Å². The van der Waals surface area contributed by atoms with E-state index in [4.69, 9.17) is 5.11 Å². The first kappa shape index (κ1) is 10.8. The van der Waals surface area contributed by atoms with Gasteiger partial charge in [0.1, 0.15) is 0 Å². The molecule has 1 saturated heterocycles. The van der Waals surface area contributed by atoms with Crippen molar-refractivity contribution < 1.29 is 14.7 Å². The van der Waals surface area contributed by atoms with Crippen molar-refractivity contribution in [2.45, 2.75) is 25.9 Å². The second kappa shape index (κ2) is 4.45. The monoisotopic (exact) mass is 219 g/mol. The maximum absolute atomic E-state index is 11.6. The van der Waals surface area contributed by atoms with Crippen molar-refractivity contribution in [3.8, 4) is 0 Å². The van der Waals surface area contributed by atoms with Crippen LogP contribution in [0, 0.1) is 0 Å². The largest absolute Gasteiger partial charge is 0.392 e. The highest BCUT2D eigenvalue weighted by atomic mass is 16.3. The van der Waals surface area contributed by atoms with Gasteiger partial charge in [0.25, 0.3) is 0 Å². The molecular weight excluding hydrogens is 206 g/mol. The van der Waals surface area contributed by atoms with E-state index in [0.29, 0.717) is 24.9 Å². The number of aliphatic hydroxyl groups excluding tert-OH is 1. The Morgan fingerprint density at radius 1 is 1.06 bits per heavy atom. The van der Waals surface area contributed by atoms with Gasteiger partial charge in [-0.3, -0.25) is 14.5 Å². The Labute approximate surface area is 93.5 Å². The molecule has 2 rings (SSSR count). The van der Waals surface area contributed by atoms with Crippen LogP contribution in [0.3, 0.4) is 0 Å². The maximum atomic E-state index is 11.6. The molecular formula is C12H13NO3. The molecule has 0 aromatic heterocycles. The minimum atomic E-state index is -0.145. The van der Waals surface area contributed by atoms with Crippen molar-refractivity contribution in [1.82, 2.24) is 0 Å². The lowest BCUT2D eigenvalue weighted by molar-refractivity contribution is -0.129. The van der Waals surface area contributed by atoms with Crippen LogP contribution in [0.4, 0.5) is 5.69 Å². The Balaban J connectivity index is 2.27. The van der Waals surface area contributed by atoms with Gasteiger partial charge >= 0.3 is 0 Å². The van der Waals surface area contributed by atoms with Crippen LogP contribution in [0.15, 0.2) is 24.3 Å². The van der Waals surface area contributed by atoms with Gasteiger partial charge in [-0.2, -0.15) is 0 Å². The number of rotatable bonds is 2. The molecule has 0 bridgehead atoms. The van der Waals surface area contributed by atoms with Gasteiger partial charge in [-0.05, 0) is 24.1 Å². The number of amides is 2. The predicted molar refractivity (Wildman–Crippen MR) is 58.7 cm³/mol. The fourth-order valence-corrected chi connectivity index (χ4v) is 1.79. The highest BCUT2D eigenvalue weighted by Crippen LogP contribution is 2.22. The van der Waals surface area contributed by atoms with Crippen LogP contribution in [0.2, 0.25) is 0 Å². The van der Waals surface area contributed by atoms with Crippen LogP contribution in [-0.4, -0.2) is 16.9 Å². The van der Waals surface area contributed by atoms with Gasteiger partial charge in [-0.15, -0.1) is 0 Å². The standard InChI is InChI=1S/C12H13NO3/c14-8-9-4-6-10(7-5-9)13-11(15)2-1-3-12(13)16/h4-7,14H,1-3,8H2. The van der Waals surface area contributed by atoms with Crippen molar-refractivity contribution in [3.63, 3.8) is 0 Å². The number of hydrogen-bond acceptors (Lipinski definition) is 3. The summed E-state index contributed by atoms with van der Waals surface area (Å²) >= 11 is 0. The van der Waals surface area contributed by atoms with Crippen LogP contribution in [-0.2, 0) is 16.2 Å². The summed E-state index contributed by atoms with van der Waals surface area (Å²) in [5, 5.41) is 8.90. The lowest BCUT2D eigenvalue weighted by Gasteiger charge is -2.24. The third-order valence-electron chi connectivity index (χ3n) is 2.66. The molecule has 1 N–H and O–H groups in total. The smallest absolute Gasteiger partial charge is 0.233 e. The van der Waals surface area contributed by atoms with Gasteiger partial charge in [-0.1, -0.05) is 12.1 Å². The Morgan fingerprint density at radius 2 is 1.62 bits per heavy atom. The van der Waals surface area contributed by atoms with E-state index in [0.717, 1.165) is 5.56 Å². The highest BCUT2D eigenvalue weighted by molar-refractivity contribution is 6.16. The molecule has 16 heavy (non-hydrogen) atoms. The Bertz CT molecular complexity index is 395. The van der Waals surface area contributed by atoms with E-state index in [-0.39, 0.29) is 18.4 Å². The zero-order valence-corrected chi connectivity index (χ0v) is 8.85. The van der Waals surface area contributed by atoms with E-state index in [1.807, 2.05) is 0 Å². The van der Waals surface area contributed by atoms with Gasteiger partial charge in [-0.25, -0.2) is 0 Å². The van der Waals surface area contributed by atoms with Crippen LogP contribution < -0.4 is 4.90 Å². The molecule has 0 spiro atoms. The van der Waals surface area contributed by atoms with E-state index in [2.05, 4.69) is 0 Å². The number of carbonyl (C=O) groups excluding carboxylic acids is 2. The minimum absolute atomic E-state index is 0.0395. The molecule has 1 heterocycles. The summed E-state index contributed by atoms with van der Waals surface area (Å²) in [5.41, 5.74) is 1.35. The van der Waals surface area contributed by atoms with Gasteiger partial charge < -0.3 is 5.11 Å². The molecule has 4 heteroatoms.